The van der Waals surface area contributed by atoms with Crippen molar-refractivity contribution in [3.63, 3.8) is 0 Å². The molecule has 0 unspecified atom stereocenters. The fourth-order valence-corrected chi connectivity index (χ4v) is 2.16. The van der Waals surface area contributed by atoms with E-state index < -0.39 is 5.60 Å². The number of hydrogen-bond acceptors (Lipinski definition) is 5. The first-order chi connectivity index (χ1) is 8.51. The summed E-state index contributed by atoms with van der Waals surface area (Å²) in [6, 6.07) is 0. The van der Waals surface area contributed by atoms with Crippen LogP contribution in [0.5, 0.6) is 0 Å². The van der Waals surface area contributed by atoms with Gasteiger partial charge in [0, 0.05) is 46.4 Å². The summed E-state index contributed by atoms with van der Waals surface area (Å²) in [4.78, 5) is 4.73. The Balaban J connectivity index is 2.05. The van der Waals surface area contributed by atoms with Crippen LogP contribution in [0, 0.1) is 0 Å². The molecule has 0 atom stereocenters. The van der Waals surface area contributed by atoms with Crippen LogP contribution in [0.15, 0.2) is 0 Å². The molecule has 18 heavy (non-hydrogen) atoms. The molecule has 1 aliphatic rings. The maximum Gasteiger partial charge on any atom is 0.0718 e. The number of ether oxygens (including phenoxy) is 2. The number of piperazine rings is 1. The van der Waals surface area contributed by atoms with Crippen LogP contribution < -0.4 is 0 Å². The smallest absolute Gasteiger partial charge is 0.0718 e. The first kappa shape index (κ1) is 15.9. The minimum Gasteiger partial charge on any atom is -0.389 e. The minimum atomic E-state index is -0.592. The molecule has 1 N–H and O–H groups in total. The Morgan fingerprint density at radius 1 is 1.00 bits per heavy atom. The highest BCUT2D eigenvalue weighted by atomic mass is 16.5. The van der Waals surface area contributed by atoms with E-state index in [1.807, 2.05) is 13.8 Å². The quantitative estimate of drug-likeness (QED) is 0.624. The molecule has 1 rings (SSSR count). The second kappa shape index (κ2) is 8.07. The highest BCUT2D eigenvalue weighted by Crippen LogP contribution is 2.08. The van der Waals surface area contributed by atoms with E-state index in [0.717, 1.165) is 45.9 Å². The lowest BCUT2D eigenvalue weighted by molar-refractivity contribution is 0.00970. The third-order valence-electron chi connectivity index (χ3n) is 3.06. The van der Waals surface area contributed by atoms with Gasteiger partial charge in [-0.1, -0.05) is 0 Å². The van der Waals surface area contributed by atoms with E-state index in [0.29, 0.717) is 13.2 Å². The highest BCUT2D eigenvalue weighted by Gasteiger charge is 2.22. The molecule has 0 amide bonds. The van der Waals surface area contributed by atoms with Crippen LogP contribution in [-0.2, 0) is 9.47 Å². The van der Waals surface area contributed by atoms with E-state index in [4.69, 9.17) is 9.47 Å². The van der Waals surface area contributed by atoms with Crippen molar-refractivity contribution in [1.29, 1.82) is 0 Å². The Labute approximate surface area is 111 Å². The van der Waals surface area contributed by atoms with E-state index in [2.05, 4.69) is 9.80 Å². The Hall–Kier alpha value is -0.200. The molecule has 1 heterocycles. The van der Waals surface area contributed by atoms with Crippen molar-refractivity contribution in [2.24, 2.45) is 0 Å². The summed E-state index contributed by atoms with van der Waals surface area (Å²) < 4.78 is 10.4. The van der Waals surface area contributed by atoms with Crippen molar-refractivity contribution in [3.05, 3.63) is 0 Å². The lowest BCUT2D eigenvalue weighted by atomic mass is 10.1. The molecular weight excluding hydrogens is 232 g/mol. The zero-order valence-corrected chi connectivity index (χ0v) is 12.0. The van der Waals surface area contributed by atoms with Gasteiger partial charge in [-0.25, -0.2) is 0 Å². The van der Waals surface area contributed by atoms with Gasteiger partial charge in [-0.15, -0.1) is 0 Å². The van der Waals surface area contributed by atoms with Crippen LogP contribution in [0.1, 0.15) is 13.8 Å². The fourth-order valence-electron chi connectivity index (χ4n) is 2.16. The van der Waals surface area contributed by atoms with Crippen molar-refractivity contribution >= 4 is 0 Å². The van der Waals surface area contributed by atoms with Crippen LogP contribution >= 0.6 is 0 Å². The second-order valence-electron chi connectivity index (χ2n) is 5.54. The number of β-amino-alcohol motifs (C(OH)–C–C–N with tert-alkyl or cyclic N) is 1. The van der Waals surface area contributed by atoms with Crippen molar-refractivity contribution in [2.75, 3.05) is 66.2 Å². The zero-order valence-electron chi connectivity index (χ0n) is 12.0. The zero-order chi connectivity index (χ0) is 13.4. The minimum absolute atomic E-state index is 0.592. The summed E-state index contributed by atoms with van der Waals surface area (Å²) in [6.45, 7) is 11.8. The summed E-state index contributed by atoms with van der Waals surface area (Å²) in [5, 5.41) is 9.77. The molecule has 0 aliphatic carbocycles. The first-order valence-electron chi connectivity index (χ1n) is 6.75. The van der Waals surface area contributed by atoms with Crippen molar-refractivity contribution in [2.45, 2.75) is 19.4 Å². The largest absolute Gasteiger partial charge is 0.389 e. The van der Waals surface area contributed by atoms with Crippen molar-refractivity contribution in [3.8, 4) is 0 Å². The third kappa shape index (κ3) is 7.28. The third-order valence-corrected chi connectivity index (χ3v) is 3.06. The topological polar surface area (TPSA) is 45.2 Å². The molecule has 0 saturated carbocycles. The number of rotatable bonds is 8. The van der Waals surface area contributed by atoms with Gasteiger partial charge in [-0.3, -0.25) is 9.80 Å². The van der Waals surface area contributed by atoms with E-state index in [9.17, 15) is 5.11 Å². The number of methoxy groups -OCH3 is 1. The lowest BCUT2D eigenvalue weighted by Gasteiger charge is -2.37. The fraction of sp³-hybridized carbons (Fsp3) is 1.00. The molecule has 1 aliphatic heterocycles. The van der Waals surface area contributed by atoms with Gasteiger partial charge >= 0.3 is 0 Å². The molecule has 1 fully saturated rings. The molecule has 0 aromatic carbocycles. The van der Waals surface area contributed by atoms with Crippen LogP contribution in [0.25, 0.3) is 0 Å². The van der Waals surface area contributed by atoms with Crippen LogP contribution in [0.3, 0.4) is 0 Å². The van der Waals surface area contributed by atoms with Crippen molar-refractivity contribution < 1.29 is 14.6 Å². The average Bonchev–Trinajstić information content (AvgIpc) is 2.29. The summed E-state index contributed by atoms with van der Waals surface area (Å²) in [5.74, 6) is 0. The molecule has 1 saturated heterocycles. The van der Waals surface area contributed by atoms with E-state index >= 15 is 0 Å². The van der Waals surface area contributed by atoms with Gasteiger partial charge in [0.2, 0.25) is 0 Å². The Bertz CT molecular complexity index is 211. The molecule has 0 spiro atoms. The number of aliphatic hydroxyl groups is 1. The number of hydrogen-bond donors (Lipinski definition) is 1. The van der Waals surface area contributed by atoms with Crippen LogP contribution in [0.2, 0.25) is 0 Å². The molecule has 5 heteroatoms. The maximum atomic E-state index is 9.77. The standard InChI is InChI=1S/C13H28N2O3/c1-13(2,16)12-15-6-4-14(5-7-15)8-9-18-11-10-17-3/h16H,4-12H2,1-3H3. The van der Waals surface area contributed by atoms with Gasteiger partial charge in [0.1, 0.15) is 0 Å². The molecule has 108 valence electrons. The van der Waals surface area contributed by atoms with Gasteiger partial charge < -0.3 is 14.6 Å². The normalized spacial score (nSPS) is 19.3. The van der Waals surface area contributed by atoms with E-state index in [1.54, 1.807) is 7.11 Å². The first-order valence-corrected chi connectivity index (χ1v) is 6.75. The summed E-state index contributed by atoms with van der Waals surface area (Å²) in [7, 11) is 1.69. The molecule has 0 aromatic rings. The monoisotopic (exact) mass is 260 g/mol. The van der Waals surface area contributed by atoms with Gasteiger partial charge in [-0.05, 0) is 13.8 Å². The van der Waals surface area contributed by atoms with Gasteiger partial charge in [0.15, 0.2) is 0 Å². The average molecular weight is 260 g/mol. The highest BCUT2D eigenvalue weighted by molar-refractivity contribution is 4.77. The lowest BCUT2D eigenvalue weighted by Crippen LogP contribution is -2.51. The molecule has 0 radical (unpaired) electrons. The number of nitrogens with zero attached hydrogens (tertiary/aromatic N) is 2. The Morgan fingerprint density at radius 2 is 1.61 bits per heavy atom. The Kier molecular flexibility index (Phi) is 7.11. The molecule has 5 nitrogen and oxygen atoms in total. The summed E-state index contributed by atoms with van der Waals surface area (Å²) in [6.07, 6.45) is 0. The second-order valence-corrected chi connectivity index (χ2v) is 5.54. The summed E-state index contributed by atoms with van der Waals surface area (Å²) in [5.41, 5.74) is -0.592. The van der Waals surface area contributed by atoms with Crippen LogP contribution in [-0.4, -0.2) is 86.7 Å². The predicted molar refractivity (Wildman–Crippen MR) is 71.9 cm³/mol. The van der Waals surface area contributed by atoms with Gasteiger partial charge in [0.25, 0.3) is 0 Å². The summed E-state index contributed by atoms with van der Waals surface area (Å²) >= 11 is 0. The van der Waals surface area contributed by atoms with Gasteiger partial charge in [0.05, 0.1) is 25.4 Å². The molecule has 0 bridgehead atoms. The molecular formula is C13H28N2O3. The Morgan fingerprint density at radius 3 is 2.17 bits per heavy atom. The van der Waals surface area contributed by atoms with Crippen molar-refractivity contribution in [1.82, 2.24) is 9.80 Å². The van der Waals surface area contributed by atoms with E-state index in [1.165, 1.54) is 0 Å². The maximum absolute atomic E-state index is 9.77. The predicted octanol–water partition coefficient (Wildman–Crippen LogP) is 0.0379. The SMILES string of the molecule is COCCOCCN1CCN(CC(C)(C)O)CC1. The molecule has 0 aromatic heterocycles. The van der Waals surface area contributed by atoms with E-state index in [-0.39, 0.29) is 0 Å². The van der Waals surface area contributed by atoms with Crippen LogP contribution in [0.4, 0.5) is 0 Å². The van der Waals surface area contributed by atoms with Gasteiger partial charge in [-0.2, -0.15) is 0 Å².